The third-order valence-corrected chi connectivity index (χ3v) is 6.07. The van der Waals surface area contributed by atoms with Crippen molar-refractivity contribution in [3.8, 4) is 0 Å². The minimum Gasteiger partial charge on any atom is -0.354 e. The van der Waals surface area contributed by atoms with Gasteiger partial charge in [-0.3, -0.25) is 0 Å². The van der Waals surface area contributed by atoms with E-state index in [1.54, 1.807) is 0 Å². The van der Waals surface area contributed by atoms with Gasteiger partial charge in [0.15, 0.2) is 0 Å². The Bertz CT molecular complexity index is 1710. The number of nitrogens with one attached hydrogen (secondary N) is 1. The van der Waals surface area contributed by atoms with Gasteiger partial charge in [0, 0.05) is 38.0 Å². The smallest absolute Gasteiger partial charge is 0.0547 e. The number of benzene rings is 4. The summed E-state index contributed by atoms with van der Waals surface area (Å²) < 4.78 is 2.42. The number of nitrogens with zero attached hydrogens (tertiary/aromatic N) is 1. The minimum atomic E-state index is 1.19. The molecule has 1 N–H and O–H groups in total. The zero-order chi connectivity index (χ0) is 18.2. The predicted molar refractivity (Wildman–Crippen MR) is 119 cm³/mol. The van der Waals surface area contributed by atoms with Crippen LogP contribution in [-0.4, -0.2) is 9.38 Å². The topological polar surface area (TPSA) is 20.2 Å². The highest BCUT2D eigenvalue weighted by Crippen LogP contribution is 2.36. The molecule has 2 heteroatoms. The average molecular weight is 356 g/mol. The molecule has 0 atom stereocenters. The maximum atomic E-state index is 3.58. The Balaban J connectivity index is 1.80. The van der Waals surface area contributed by atoms with Crippen molar-refractivity contribution in [3.63, 3.8) is 0 Å². The Morgan fingerprint density at radius 1 is 0.464 bits per heavy atom. The summed E-state index contributed by atoms with van der Waals surface area (Å²) in [5, 5.41) is 7.72. The van der Waals surface area contributed by atoms with E-state index in [-0.39, 0.29) is 0 Å². The molecule has 0 fully saturated rings. The Labute approximate surface area is 160 Å². The van der Waals surface area contributed by atoms with Crippen molar-refractivity contribution in [2.24, 2.45) is 0 Å². The standard InChI is InChI=1S/C26H16N2/c1-2-10-20-17(7-1)19-9-4-6-12-24(19)28-25-15-21-18-8-3-5-11-22(18)27-23(21)13-16(25)14-26(20)28/h1-15,27H. The zero-order valence-corrected chi connectivity index (χ0v) is 15.1. The minimum absolute atomic E-state index is 1.19. The molecule has 2 nitrogen and oxygen atoms in total. The molecule has 4 aromatic carbocycles. The average Bonchev–Trinajstić information content (AvgIpc) is 3.30. The summed E-state index contributed by atoms with van der Waals surface area (Å²) in [6, 6.07) is 32.9. The molecule has 0 aliphatic rings. The van der Waals surface area contributed by atoms with Gasteiger partial charge in [0.25, 0.3) is 0 Å². The van der Waals surface area contributed by atoms with Crippen LogP contribution in [0.2, 0.25) is 0 Å². The van der Waals surface area contributed by atoms with Gasteiger partial charge in [-0.2, -0.15) is 0 Å². The number of pyridine rings is 1. The molecule has 0 aliphatic carbocycles. The van der Waals surface area contributed by atoms with E-state index in [1.807, 2.05) is 0 Å². The van der Waals surface area contributed by atoms with E-state index in [0.29, 0.717) is 0 Å². The van der Waals surface area contributed by atoms with Gasteiger partial charge in [-0.15, -0.1) is 0 Å². The molecule has 0 radical (unpaired) electrons. The molecule has 0 spiro atoms. The van der Waals surface area contributed by atoms with Gasteiger partial charge in [0.1, 0.15) is 0 Å². The molecule has 0 saturated carbocycles. The third kappa shape index (κ3) is 1.68. The maximum Gasteiger partial charge on any atom is 0.0547 e. The van der Waals surface area contributed by atoms with Crippen LogP contribution >= 0.6 is 0 Å². The quantitative estimate of drug-likeness (QED) is 0.281. The number of hydrogen-bond acceptors (Lipinski definition) is 0. The van der Waals surface area contributed by atoms with Gasteiger partial charge < -0.3 is 9.38 Å². The summed E-state index contributed by atoms with van der Waals surface area (Å²) in [6.07, 6.45) is 0. The molecular weight excluding hydrogens is 340 g/mol. The Morgan fingerprint density at radius 2 is 1.14 bits per heavy atom. The summed E-state index contributed by atoms with van der Waals surface area (Å²) in [6.45, 7) is 0. The molecule has 0 bridgehead atoms. The van der Waals surface area contributed by atoms with Crippen molar-refractivity contribution in [1.82, 2.24) is 9.38 Å². The number of aromatic nitrogens is 2. The van der Waals surface area contributed by atoms with Crippen LogP contribution in [0, 0.1) is 0 Å². The van der Waals surface area contributed by atoms with Crippen LogP contribution in [-0.2, 0) is 0 Å². The van der Waals surface area contributed by atoms with Crippen molar-refractivity contribution in [2.75, 3.05) is 0 Å². The van der Waals surface area contributed by atoms with Crippen molar-refractivity contribution >= 4 is 59.9 Å². The molecule has 0 saturated heterocycles. The lowest BCUT2D eigenvalue weighted by atomic mass is 10.1. The molecule has 3 aromatic heterocycles. The number of fused-ring (bicyclic) bond motifs is 11. The van der Waals surface area contributed by atoms with E-state index < -0.39 is 0 Å². The van der Waals surface area contributed by atoms with Gasteiger partial charge in [0.05, 0.1) is 16.6 Å². The first-order chi connectivity index (χ1) is 13.9. The van der Waals surface area contributed by atoms with Crippen LogP contribution in [0.4, 0.5) is 0 Å². The van der Waals surface area contributed by atoms with Gasteiger partial charge in [-0.25, -0.2) is 0 Å². The molecular formula is C26H16N2. The molecule has 3 heterocycles. The summed E-state index contributed by atoms with van der Waals surface area (Å²) in [7, 11) is 0. The molecule has 28 heavy (non-hydrogen) atoms. The van der Waals surface area contributed by atoms with Gasteiger partial charge >= 0.3 is 0 Å². The summed E-state index contributed by atoms with van der Waals surface area (Å²) in [5.74, 6) is 0. The summed E-state index contributed by atoms with van der Waals surface area (Å²) >= 11 is 0. The number of H-pyrrole nitrogens is 1. The summed E-state index contributed by atoms with van der Waals surface area (Å²) in [5.41, 5.74) is 6.16. The first-order valence-electron chi connectivity index (χ1n) is 9.63. The van der Waals surface area contributed by atoms with E-state index in [1.165, 1.54) is 59.9 Å². The van der Waals surface area contributed by atoms with E-state index >= 15 is 0 Å². The Hall–Kier alpha value is -3.78. The first kappa shape index (κ1) is 14.3. The predicted octanol–water partition coefficient (Wildman–Crippen LogP) is 7.03. The van der Waals surface area contributed by atoms with E-state index in [4.69, 9.17) is 0 Å². The van der Waals surface area contributed by atoms with Crippen LogP contribution in [0.1, 0.15) is 0 Å². The third-order valence-electron chi connectivity index (χ3n) is 6.07. The normalized spacial score (nSPS) is 12.3. The molecule has 0 amide bonds. The van der Waals surface area contributed by atoms with Crippen molar-refractivity contribution < 1.29 is 0 Å². The fourth-order valence-corrected chi connectivity index (χ4v) is 4.85. The SMILES string of the molecule is c1ccc2c(c1)[nH]c1cc3cc4c5ccccc5c5ccccc5n4c3cc12. The van der Waals surface area contributed by atoms with Gasteiger partial charge in [0.2, 0.25) is 0 Å². The number of rotatable bonds is 0. The van der Waals surface area contributed by atoms with Crippen LogP contribution in [0.25, 0.3) is 59.9 Å². The second kappa shape index (κ2) is 4.93. The Morgan fingerprint density at radius 3 is 2.00 bits per heavy atom. The Kier molecular flexibility index (Phi) is 2.52. The number of aromatic amines is 1. The van der Waals surface area contributed by atoms with E-state index in [9.17, 15) is 0 Å². The lowest BCUT2D eigenvalue weighted by molar-refractivity contribution is 1.35. The maximum absolute atomic E-state index is 3.58. The monoisotopic (exact) mass is 356 g/mol. The van der Waals surface area contributed by atoms with Crippen molar-refractivity contribution in [3.05, 3.63) is 91.0 Å². The number of hydrogen-bond donors (Lipinski definition) is 1. The van der Waals surface area contributed by atoms with Crippen molar-refractivity contribution in [1.29, 1.82) is 0 Å². The van der Waals surface area contributed by atoms with Crippen LogP contribution in [0.15, 0.2) is 91.0 Å². The first-order valence-corrected chi connectivity index (χ1v) is 9.63. The second-order valence-electron chi connectivity index (χ2n) is 7.55. The highest BCUT2D eigenvalue weighted by molar-refractivity contribution is 6.18. The molecule has 0 unspecified atom stereocenters. The fraction of sp³-hybridized carbons (Fsp3) is 0. The highest BCUT2D eigenvalue weighted by Gasteiger charge is 2.13. The molecule has 130 valence electrons. The fourth-order valence-electron chi connectivity index (χ4n) is 4.85. The summed E-state index contributed by atoms with van der Waals surface area (Å²) in [4.78, 5) is 3.58. The molecule has 7 rings (SSSR count). The van der Waals surface area contributed by atoms with E-state index in [0.717, 1.165) is 0 Å². The van der Waals surface area contributed by atoms with Crippen molar-refractivity contribution in [2.45, 2.75) is 0 Å². The number of para-hydroxylation sites is 2. The van der Waals surface area contributed by atoms with Crippen LogP contribution in [0.3, 0.4) is 0 Å². The van der Waals surface area contributed by atoms with E-state index in [2.05, 4.69) is 100 Å². The largest absolute Gasteiger partial charge is 0.354 e. The second-order valence-corrected chi connectivity index (χ2v) is 7.55. The molecule has 0 aliphatic heterocycles. The lowest BCUT2D eigenvalue weighted by Crippen LogP contribution is -1.90. The lowest BCUT2D eigenvalue weighted by Gasteiger charge is -2.09. The van der Waals surface area contributed by atoms with Gasteiger partial charge in [-0.05, 0) is 35.7 Å². The van der Waals surface area contributed by atoms with Crippen LogP contribution < -0.4 is 0 Å². The van der Waals surface area contributed by atoms with Crippen LogP contribution in [0.5, 0.6) is 0 Å². The van der Waals surface area contributed by atoms with Gasteiger partial charge in [-0.1, -0.05) is 60.7 Å². The highest BCUT2D eigenvalue weighted by atomic mass is 14.9. The zero-order valence-electron chi connectivity index (χ0n) is 15.1. The molecule has 7 aromatic rings.